The van der Waals surface area contributed by atoms with Crippen molar-refractivity contribution in [2.24, 2.45) is 61.6 Å². The van der Waals surface area contributed by atoms with Crippen molar-refractivity contribution in [3.63, 3.8) is 0 Å². The molecule has 678 valence electrons. The molecule has 118 heavy (non-hydrogen) atoms. The van der Waals surface area contributed by atoms with Crippen LogP contribution in [0, 0.1) is 61.6 Å². The molecule has 0 amide bonds. The first-order valence-electron chi connectivity index (χ1n) is 42.3. The lowest BCUT2D eigenvalue weighted by molar-refractivity contribution is -0.397. The Morgan fingerprint density at radius 2 is 1.04 bits per heavy atom. The van der Waals surface area contributed by atoms with Crippen LogP contribution < -0.4 is 0 Å². The number of fused-ring (bicyclic) bond motifs is 7. The van der Waals surface area contributed by atoms with Crippen LogP contribution in [0.2, 0.25) is 0 Å². The molecule has 6 saturated heterocycles. The lowest BCUT2D eigenvalue weighted by Crippen LogP contribution is -2.71. The molecular formula is C82H134O36. The second-order valence-corrected chi connectivity index (χ2v) is 37.9. The maximum absolute atomic E-state index is 16.4. The van der Waals surface area contributed by atoms with Crippen molar-refractivity contribution >= 4 is 24.2 Å². The molecule has 36 heteroatoms. The van der Waals surface area contributed by atoms with Crippen LogP contribution in [0.5, 0.6) is 0 Å². The van der Waals surface area contributed by atoms with Gasteiger partial charge in [-0.3, -0.25) is 14.4 Å². The van der Waals surface area contributed by atoms with E-state index in [1.165, 1.54) is 13.8 Å². The Hall–Kier alpha value is -3.34. The number of rotatable bonds is 29. The molecule has 0 radical (unpaired) electrons. The number of esters is 3. The molecule has 0 aromatic heterocycles. The molecule has 5 aliphatic carbocycles. The number of carbonyl (C=O) groups is 4. The molecular weight excluding hydrogens is 1560 g/mol. The highest BCUT2D eigenvalue weighted by atomic mass is 16.8. The van der Waals surface area contributed by atoms with E-state index >= 15 is 4.79 Å². The summed E-state index contributed by atoms with van der Waals surface area (Å²) in [6, 6.07) is 0. The van der Waals surface area contributed by atoms with Gasteiger partial charge >= 0.3 is 17.9 Å². The predicted molar refractivity (Wildman–Crippen MR) is 403 cm³/mol. The molecule has 0 aromatic carbocycles. The average Bonchev–Trinajstić information content (AvgIpc) is 0.683. The van der Waals surface area contributed by atoms with E-state index in [1.54, 1.807) is 13.8 Å². The fraction of sp³-hybridized carbons (Fsp3) is 0.927. The third kappa shape index (κ3) is 17.8. The molecule has 10 fully saturated rings. The minimum Gasteiger partial charge on any atom is -0.462 e. The molecule has 0 spiro atoms. The van der Waals surface area contributed by atoms with Crippen LogP contribution in [0.25, 0.3) is 0 Å². The smallest absolute Gasteiger partial charge is 0.318 e. The molecule has 36 nitrogen and oxygen atoms in total. The van der Waals surface area contributed by atoms with Crippen LogP contribution in [0.4, 0.5) is 0 Å². The second kappa shape index (κ2) is 37.3. The van der Waals surface area contributed by atoms with Gasteiger partial charge < -0.3 is 163 Å². The molecule has 18 N–H and O–H groups in total. The highest BCUT2D eigenvalue weighted by Crippen LogP contribution is 2.78. The number of carbonyl (C=O) groups excluding carboxylic acids is 4. The molecule has 11 aliphatic rings. The monoisotopic (exact) mass is 1690 g/mol. The molecule has 0 aromatic rings. The number of ether oxygens (including phenoxy) is 14. The molecule has 43 atom stereocenters. The number of hydrogen-bond acceptors (Lipinski definition) is 36. The van der Waals surface area contributed by atoms with E-state index in [0.717, 1.165) is 11.9 Å². The summed E-state index contributed by atoms with van der Waals surface area (Å²) in [5.74, 6) is -3.87. The zero-order chi connectivity index (χ0) is 86.9. The van der Waals surface area contributed by atoms with E-state index in [9.17, 15) is 106 Å². The van der Waals surface area contributed by atoms with Crippen molar-refractivity contribution in [2.45, 2.75) is 389 Å². The minimum absolute atomic E-state index is 0.0207. The van der Waals surface area contributed by atoms with Gasteiger partial charge in [-0.2, -0.15) is 0 Å². The largest absolute Gasteiger partial charge is 0.462 e. The van der Waals surface area contributed by atoms with Crippen molar-refractivity contribution < 1.29 is 177 Å². The lowest BCUT2D eigenvalue weighted by Gasteiger charge is -2.73. The van der Waals surface area contributed by atoms with E-state index in [4.69, 9.17) is 66.3 Å². The molecule has 6 heterocycles. The Balaban J connectivity index is 0.883. The molecule has 7 unspecified atom stereocenters. The van der Waals surface area contributed by atoms with Gasteiger partial charge in [0.2, 0.25) is 6.29 Å². The molecule has 0 bridgehead atoms. The van der Waals surface area contributed by atoms with Crippen molar-refractivity contribution in [3.05, 3.63) is 11.6 Å². The van der Waals surface area contributed by atoms with Crippen molar-refractivity contribution in [3.8, 4) is 0 Å². The van der Waals surface area contributed by atoms with Crippen LogP contribution in [0.1, 0.15) is 186 Å². The fourth-order valence-electron chi connectivity index (χ4n) is 22.3. The van der Waals surface area contributed by atoms with Crippen LogP contribution in [-0.4, -0.2) is 345 Å². The van der Waals surface area contributed by atoms with Gasteiger partial charge in [-0.15, -0.1) is 0 Å². The highest BCUT2D eigenvalue weighted by Gasteiger charge is 2.76. The summed E-state index contributed by atoms with van der Waals surface area (Å²) in [4.78, 5) is 57.7. The second-order valence-electron chi connectivity index (χ2n) is 37.9. The third-order valence-corrected chi connectivity index (χ3v) is 29.9. The van der Waals surface area contributed by atoms with E-state index in [0.29, 0.717) is 57.8 Å². The summed E-state index contributed by atoms with van der Waals surface area (Å²) in [5.41, 5.74) is -5.16. The number of hydrogen-bond donors (Lipinski definition) is 18. The number of aldehydes is 1. The third-order valence-electron chi connectivity index (χ3n) is 29.9. The van der Waals surface area contributed by atoms with E-state index in [1.807, 2.05) is 27.7 Å². The van der Waals surface area contributed by atoms with E-state index in [-0.39, 0.29) is 43.4 Å². The summed E-state index contributed by atoms with van der Waals surface area (Å²) < 4.78 is 85.1. The summed E-state index contributed by atoms with van der Waals surface area (Å²) >= 11 is 0. The van der Waals surface area contributed by atoms with Crippen LogP contribution in [-0.2, 0) is 85.5 Å². The number of allylic oxidation sites excluding steroid dienone is 2. The Morgan fingerprint density at radius 1 is 0.517 bits per heavy atom. The average molecular weight is 1700 g/mol. The molecule has 4 saturated carbocycles. The van der Waals surface area contributed by atoms with Gasteiger partial charge in [0, 0.05) is 18.3 Å². The maximum Gasteiger partial charge on any atom is 0.318 e. The van der Waals surface area contributed by atoms with Gasteiger partial charge in [-0.1, -0.05) is 101 Å². The zero-order valence-electron chi connectivity index (χ0n) is 69.9. The standard InChI is InChI=1S/C82H134O36/c1-14-35(3)43(109-52(92)26-40(87)25-44(36(4)15-2)110-71-59(99)56(96)46(30-84)111-71)24-39(86)27-53(93)113-64-37(5)108-74(118-75(104)82-23-22-76(7,8)33-81(82,13)49-17-16-48-77(9)20-19-50(90)78(10,34-85)47(77)18-21-79(48,11)80(49,12)28-51(82)91)68(61(64)101)117-73-63(103)67(116-72-60(100)57(97)55(95)45(29-83)112-72)65(38(6)107-73)114-70-62(102)66(42(89)32-106-70)115-69-58(98)54(94)41(88)31-105-69/h17,34-48,50-51,54-74,83-84,86-91,94-103H,14-16,18-33H2,1-13H3/t35-,36-,37+,38-,39+,40+,41+,42+,43?,44?,45-,46+,47?,48?,50-,51+,54-,55-,56+,57+,58?,59-,60-,61-,62?,63+,64-,65-,66-,67?,68+,69-,70-,71-,72+,73-,74-,77-,78-,79+,80+,81-,82+/m0/s1. The van der Waals surface area contributed by atoms with E-state index < -0.39 is 304 Å². The summed E-state index contributed by atoms with van der Waals surface area (Å²) in [5, 5.41) is 203. The summed E-state index contributed by atoms with van der Waals surface area (Å²) in [6.45, 7) is 21.9. The minimum atomic E-state index is -2.30. The van der Waals surface area contributed by atoms with Crippen molar-refractivity contribution in [2.75, 3.05) is 26.4 Å². The van der Waals surface area contributed by atoms with Gasteiger partial charge in [0.05, 0.1) is 87.4 Å². The van der Waals surface area contributed by atoms with Gasteiger partial charge in [-0.05, 0) is 117 Å². The van der Waals surface area contributed by atoms with Gasteiger partial charge in [-0.25, -0.2) is 0 Å². The van der Waals surface area contributed by atoms with E-state index in [2.05, 4.69) is 40.7 Å². The lowest BCUT2D eigenvalue weighted by atomic mass is 9.31. The Bertz CT molecular complexity index is 3410. The Morgan fingerprint density at radius 3 is 1.68 bits per heavy atom. The fourth-order valence-corrected chi connectivity index (χ4v) is 22.3. The normalized spacial score (nSPS) is 48.5. The van der Waals surface area contributed by atoms with Gasteiger partial charge in [0.25, 0.3) is 0 Å². The predicted octanol–water partition coefficient (Wildman–Crippen LogP) is -1.68. The van der Waals surface area contributed by atoms with Crippen molar-refractivity contribution in [1.29, 1.82) is 0 Å². The first-order chi connectivity index (χ1) is 55.3. The van der Waals surface area contributed by atoms with Crippen LogP contribution >= 0.6 is 0 Å². The van der Waals surface area contributed by atoms with Gasteiger partial charge in [0.1, 0.15) is 122 Å². The Kier molecular flexibility index (Phi) is 30.1. The number of aliphatic hydroxyl groups excluding tert-OH is 18. The topological polar surface area (TPSA) is 562 Å². The quantitative estimate of drug-likeness (QED) is 0.0172. The molecule has 11 rings (SSSR count). The number of aliphatic hydroxyl groups is 18. The van der Waals surface area contributed by atoms with Gasteiger partial charge in [0.15, 0.2) is 43.7 Å². The van der Waals surface area contributed by atoms with Crippen molar-refractivity contribution in [1.82, 2.24) is 0 Å². The zero-order valence-corrected chi connectivity index (χ0v) is 69.9. The summed E-state index contributed by atoms with van der Waals surface area (Å²) in [6.07, 6.45) is -49.9. The SMILES string of the molecule is CC[C@H](C)C(C[C@@H](O)CC(=O)O[C@@H]1[C@H](O)[C@@H](O[C@@H]2O[C@@H](C)[C@H](O[C@@H]3OC[C@@H](O)[C@H](O[C@@H]4OC[C@@H](O)[C@H](O)C4O)C3O)C(O[C@H]3O[C@@H](CO)[C@H](O)[C@@H](O)[C@@H]3O)[C@H]2O)[C@H](OC(=O)[C@]23CCC(C)(C)C[C@@]2(C)C2=CCC4[C@@]5(C)CC[C@H](O)[C@@](C)(C=O)C5CC[C@@]4(C)[C@]2(C)C[C@H]3O)O[C@@H]1C)OC(=O)C[C@H](O)CC(O[C@H]1O[C@H](CO)[C@@H](O)[C@@H]1O)[C@@H](C)CC. The first-order valence-corrected chi connectivity index (χ1v) is 42.3. The maximum atomic E-state index is 16.4. The first kappa shape index (κ1) is 95.3. The van der Waals surface area contributed by atoms with Crippen LogP contribution in [0.3, 0.4) is 0 Å². The molecule has 6 aliphatic heterocycles. The highest BCUT2D eigenvalue weighted by molar-refractivity contribution is 5.81. The Labute approximate surface area is 687 Å². The van der Waals surface area contributed by atoms with Crippen LogP contribution in [0.15, 0.2) is 11.6 Å². The summed E-state index contributed by atoms with van der Waals surface area (Å²) in [7, 11) is 0.